The van der Waals surface area contributed by atoms with Crippen molar-refractivity contribution in [1.29, 1.82) is 0 Å². The highest BCUT2D eigenvalue weighted by atomic mass is 32.2. The fourth-order valence-corrected chi connectivity index (χ4v) is 5.61. The summed E-state index contributed by atoms with van der Waals surface area (Å²) in [7, 11) is 0. The molecular formula is C20H22N2S. The number of benzene rings is 2. The van der Waals surface area contributed by atoms with Gasteiger partial charge < -0.3 is 4.90 Å². The molecule has 0 unspecified atom stereocenters. The Kier molecular flexibility index (Phi) is 3.47. The zero-order chi connectivity index (χ0) is 15.2. The van der Waals surface area contributed by atoms with Gasteiger partial charge in [-0.05, 0) is 66.6 Å². The van der Waals surface area contributed by atoms with E-state index in [0.717, 1.165) is 18.5 Å². The molecule has 4 aliphatic heterocycles. The standard InChI is InChI=1S/C20H22N2S/c1-2-4-15(5-3-1)17-6-7-18-13-22(23-20(18)12-17)19-14-21-10-8-16(19)9-11-21/h1-7,12,16,19H,8-11,13-14H2/t19-/m0/s1. The lowest BCUT2D eigenvalue weighted by atomic mass is 9.84. The molecule has 2 aromatic rings. The van der Waals surface area contributed by atoms with Crippen LogP contribution in [0.25, 0.3) is 11.1 Å². The zero-order valence-electron chi connectivity index (χ0n) is 13.3. The Morgan fingerprint density at radius 1 is 0.913 bits per heavy atom. The van der Waals surface area contributed by atoms with Gasteiger partial charge in [-0.2, -0.15) is 0 Å². The van der Waals surface area contributed by atoms with Gasteiger partial charge in [-0.3, -0.25) is 0 Å². The van der Waals surface area contributed by atoms with Gasteiger partial charge in [-0.15, -0.1) is 0 Å². The highest BCUT2D eigenvalue weighted by Crippen LogP contribution is 2.43. The summed E-state index contributed by atoms with van der Waals surface area (Å²) in [6.07, 6.45) is 2.79. The first kappa shape index (κ1) is 14.1. The molecule has 3 fully saturated rings. The van der Waals surface area contributed by atoms with Crippen LogP contribution in [-0.4, -0.2) is 34.9 Å². The van der Waals surface area contributed by atoms with Gasteiger partial charge in [0.25, 0.3) is 0 Å². The minimum absolute atomic E-state index is 0.745. The van der Waals surface area contributed by atoms with Crippen molar-refractivity contribution < 1.29 is 0 Å². The van der Waals surface area contributed by atoms with E-state index >= 15 is 0 Å². The summed E-state index contributed by atoms with van der Waals surface area (Å²) in [5.41, 5.74) is 4.16. The first-order valence-corrected chi connectivity index (χ1v) is 9.49. The highest BCUT2D eigenvalue weighted by molar-refractivity contribution is 7.97. The number of fused-ring (bicyclic) bond motifs is 4. The third-order valence-electron chi connectivity index (χ3n) is 5.71. The largest absolute Gasteiger partial charge is 0.302 e. The SMILES string of the molecule is c1ccc(-c2ccc3c(c2)SN([C@H]2CN4CCC2CC4)C3)cc1. The lowest BCUT2D eigenvalue weighted by Crippen LogP contribution is -2.54. The van der Waals surface area contributed by atoms with E-state index < -0.39 is 0 Å². The Bertz CT molecular complexity index is 707. The van der Waals surface area contributed by atoms with Crippen LogP contribution >= 0.6 is 11.9 Å². The maximum atomic E-state index is 2.66. The van der Waals surface area contributed by atoms with E-state index in [-0.39, 0.29) is 0 Å². The third kappa shape index (κ3) is 2.51. The summed E-state index contributed by atoms with van der Waals surface area (Å²) in [5, 5.41) is 0. The lowest BCUT2D eigenvalue weighted by molar-refractivity contribution is 0.0420. The van der Waals surface area contributed by atoms with Crippen molar-refractivity contribution >= 4 is 11.9 Å². The van der Waals surface area contributed by atoms with Crippen molar-refractivity contribution in [2.75, 3.05) is 19.6 Å². The predicted molar refractivity (Wildman–Crippen MR) is 96.2 cm³/mol. The first-order chi connectivity index (χ1) is 11.4. The quantitative estimate of drug-likeness (QED) is 0.762. The van der Waals surface area contributed by atoms with E-state index in [0.29, 0.717) is 0 Å². The van der Waals surface area contributed by atoms with Gasteiger partial charge in [-0.1, -0.05) is 42.5 Å². The normalized spacial score (nSPS) is 29.7. The van der Waals surface area contributed by atoms with Crippen LogP contribution in [0.2, 0.25) is 0 Å². The first-order valence-electron chi connectivity index (χ1n) is 8.72. The summed E-state index contributed by atoms with van der Waals surface area (Å²) in [6, 6.07) is 18.5. The van der Waals surface area contributed by atoms with Crippen molar-refractivity contribution in [3.05, 3.63) is 54.1 Å². The van der Waals surface area contributed by atoms with Gasteiger partial charge in [0.05, 0.1) is 0 Å². The predicted octanol–water partition coefficient (Wildman–Crippen LogP) is 4.27. The smallest absolute Gasteiger partial charge is 0.0366 e. The monoisotopic (exact) mass is 322 g/mol. The van der Waals surface area contributed by atoms with Crippen molar-refractivity contribution in [1.82, 2.24) is 9.21 Å². The van der Waals surface area contributed by atoms with E-state index in [1.165, 1.54) is 54.1 Å². The van der Waals surface area contributed by atoms with Crippen LogP contribution in [0.4, 0.5) is 0 Å². The van der Waals surface area contributed by atoms with Crippen LogP contribution in [-0.2, 0) is 6.54 Å². The molecule has 0 aromatic heterocycles. The molecule has 0 N–H and O–H groups in total. The maximum Gasteiger partial charge on any atom is 0.0366 e. The van der Waals surface area contributed by atoms with Gasteiger partial charge in [0.1, 0.15) is 0 Å². The average molecular weight is 322 g/mol. The van der Waals surface area contributed by atoms with Crippen LogP contribution in [0.15, 0.2) is 53.4 Å². The molecule has 6 rings (SSSR count). The molecule has 2 nitrogen and oxygen atoms in total. The molecule has 23 heavy (non-hydrogen) atoms. The molecule has 1 atom stereocenters. The van der Waals surface area contributed by atoms with E-state index in [1.54, 1.807) is 0 Å². The fraction of sp³-hybridized carbons (Fsp3) is 0.400. The molecule has 2 aromatic carbocycles. The summed E-state index contributed by atoms with van der Waals surface area (Å²) in [6.45, 7) is 5.04. The Morgan fingerprint density at radius 3 is 2.48 bits per heavy atom. The van der Waals surface area contributed by atoms with Gasteiger partial charge >= 0.3 is 0 Å². The number of hydrogen-bond acceptors (Lipinski definition) is 3. The van der Waals surface area contributed by atoms with Crippen LogP contribution in [0.1, 0.15) is 18.4 Å². The van der Waals surface area contributed by atoms with Crippen LogP contribution < -0.4 is 0 Å². The molecule has 0 radical (unpaired) electrons. The van der Waals surface area contributed by atoms with Crippen molar-refractivity contribution in [2.24, 2.45) is 5.92 Å². The molecule has 118 valence electrons. The number of nitrogens with zero attached hydrogens (tertiary/aromatic N) is 2. The third-order valence-corrected chi connectivity index (χ3v) is 6.92. The maximum absolute atomic E-state index is 2.66. The minimum atomic E-state index is 0.745. The van der Waals surface area contributed by atoms with Crippen LogP contribution in [0.3, 0.4) is 0 Å². The Balaban J connectivity index is 1.39. The molecule has 3 heteroatoms. The van der Waals surface area contributed by atoms with E-state index in [4.69, 9.17) is 0 Å². The molecule has 2 bridgehead atoms. The molecule has 0 amide bonds. The van der Waals surface area contributed by atoms with E-state index in [2.05, 4.69) is 57.7 Å². The minimum Gasteiger partial charge on any atom is -0.302 e. The molecule has 4 heterocycles. The second-order valence-corrected chi connectivity index (χ2v) is 8.15. The lowest BCUT2D eigenvalue weighted by Gasteiger charge is -2.47. The average Bonchev–Trinajstić information content (AvgIpc) is 3.06. The summed E-state index contributed by atoms with van der Waals surface area (Å²) < 4.78 is 2.66. The molecule has 0 aliphatic carbocycles. The molecule has 3 saturated heterocycles. The van der Waals surface area contributed by atoms with E-state index in [1.807, 2.05) is 11.9 Å². The zero-order valence-corrected chi connectivity index (χ0v) is 14.1. The van der Waals surface area contributed by atoms with E-state index in [9.17, 15) is 0 Å². The highest BCUT2D eigenvalue weighted by Gasteiger charge is 2.39. The Hall–Kier alpha value is -1.29. The van der Waals surface area contributed by atoms with Crippen molar-refractivity contribution in [3.8, 4) is 11.1 Å². The van der Waals surface area contributed by atoms with Gasteiger partial charge in [0, 0.05) is 24.0 Å². The second-order valence-electron chi connectivity index (χ2n) is 7.06. The number of rotatable bonds is 2. The number of piperidine rings is 3. The molecule has 4 aliphatic rings. The molecule has 0 spiro atoms. The van der Waals surface area contributed by atoms with Crippen molar-refractivity contribution in [3.63, 3.8) is 0 Å². The van der Waals surface area contributed by atoms with Crippen LogP contribution in [0.5, 0.6) is 0 Å². The fourth-order valence-electron chi connectivity index (χ4n) is 4.35. The van der Waals surface area contributed by atoms with Crippen LogP contribution in [0, 0.1) is 5.92 Å². The second kappa shape index (κ2) is 5.66. The van der Waals surface area contributed by atoms with Gasteiger partial charge in [-0.25, -0.2) is 4.31 Å². The number of hydrogen-bond donors (Lipinski definition) is 0. The molecule has 0 saturated carbocycles. The van der Waals surface area contributed by atoms with Crippen molar-refractivity contribution in [2.45, 2.75) is 30.3 Å². The Morgan fingerprint density at radius 2 is 1.74 bits per heavy atom. The van der Waals surface area contributed by atoms with Gasteiger partial charge in [0.15, 0.2) is 0 Å². The summed E-state index contributed by atoms with van der Waals surface area (Å²) in [5.74, 6) is 0.912. The topological polar surface area (TPSA) is 6.48 Å². The summed E-state index contributed by atoms with van der Waals surface area (Å²) in [4.78, 5) is 4.12. The summed E-state index contributed by atoms with van der Waals surface area (Å²) >= 11 is 2.00. The Labute approximate surface area is 142 Å². The van der Waals surface area contributed by atoms with Gasteiger partial charge in [0.2, 0.25) is 0 Å². The molecular weight excluding hydrogens is 300 g/mol.